The standard InChI is InChI=1S/C27H34N2O4/c1-4-21(5-2)17-29(19-26(30)31)18-22-11-13-24(14-12-22)32-16-15-25-20(3)33-27(28-25)23-9-7-6-8-10-23/h6-14,21H,4-5,15-19H2,1-3H3,(H,30,31). The van der Waals surface area contributed by atoms with Crippen LogP contribution in [0.5, 0.6) is 5.75 Å². The molecule has 3 aromatic rings. The van der Waals surface area contributed by atoms with Gasteiger partial charge in [0, 0.05) is 25.1 Å². The van der Waals surface area contributed by atoms with Crippen molar-refractivity contribution in [2.24, 2.45) is 5.92 Å². The molecule has 2 aromatic carbocycles. The Balaban J connectivity index is 1.53. The molecular weight excluding hydrogens is 416 g/mol. The number of carboxylic acids is 1. The number of hydrogen-bond donors (Lipinski definition) is 1. The summed E-state index contributed by atoms with van der Waals surface area (Å²) in [5.74, 6) is 1.94. The van der Waals surface area contributed by atoms with Crippen molar-refractivity contribution in [3.8, 4) is 17.2 Å². The largest absolute Gasteiger partial charge is 0.493 e. The second-order valence-electron chi connectivity index (χ2n) is 8.38. The van der Waals surface area contributed by atoms with Crippen LogP contribution >= 0.6 is 0 Å². The third-order valence-electron chi connectivity index (χ3n) is 5.88. The SMILES string of the molecule is CCC(CC)CN(CC(=O)O)Cc1ccc(OCCc2nc(-c3ccccc3)oc2C)cc1. The van der Waals surface area contributed by atoms with Crippen LogP contribution in [0.25, 0.3) is 11.5 Å². The third kappa shape index (κ3) is 7.46. The minimum Gasteiger partial charge on any atom is -0.493 e. The minimum absolute atomic E-state index is 0.0524. The number of carboxylic acid groups (broad SMARTS) is 1. The van der Waals surface area contributed by atoms with Gasteiger partial charge < -0.3 is 14.3 Å². The number of hydrogen-bond acceptors (Lipinski definition) is 5. The Morgan fingerprint density at radius 2 is 1.79 bits per heavy atom. The average molecular weight is 451 g/mol. The zero-order chi connectivity index (χ0) is 23.6. The summed E-state index contributed by atoms with van der Waals surface area (Å²) in [6, 6.07) is 17.8. The van der Waals surface area contributed by atoms with Gasteiger partial charge in [0.15, 0.2) is 0 Å². The highest BCUT2D eigenvalue weighted by Gasteiger charge is 2.15. The van der Waals surface area contributed by atoms with Gasteiger partial charge in [-0.2, -0.15) is 0 Å². The van der Waals surface area contributed by atoms with Crippen molar-refractivity contribution in [2.45, 2.75) is 46.6 Å². The zero-order valence-electron chi connectivity index (χ0n) is 19.8. The first kappa shape index (κ1) is 24.5. The van der Waals surface area contributed by atoms with E-state index in [4.69, 9.17) is 9.15 Å². The van der Waals surface area contributed by atoms with Gasteiger partial charge in [-0.1, -0.05) is 57.0 Å². The van der Waals surface area contributed by atoms with E-state index in [1.807, 2.05) is 66.4 Å². The highest BCUT2D eigenvalue weighted by molar-refractivity contribution is 5.69. The van der Waals surface area contributed by atoms with Crippen molar-refractivity contribution >= 4 is 5.97 Å². The lowest BCUT2D eigenvalue weighted by Gasteiger charge is -2.25. The molecule has 6 nitrogen and oxygen atoms in total. The first-order valence-electron chi connectivity index (χ1n) is 11.7. The molecule has 0 spiro atoms. The van der Waals surface area contributed by atoms with E-state index < -0.39 is 5.97 Å². The van der Waals surface area contributed by atoms with Gasteiger partial charge in [0.25, 0.3) is 0 Å². The van der Waals surface area contributed by atoms with Gasteiger partial charge in [-0.05, 0) is 42.7 Å². The summed E-state index contributed by atoms with van der Waals surface area (Å²) in [6.07, 6.45) is 2.76. The summed E-state index contributed by atoms with van der Waals surface area (Å²) in [4.78, 5) is 17.9. The van der Waals surface area contributed by atoms with Gasteiger partial charge in [-0.25, -0.2) is 4.98 Å². The lowest BCUT2D eigenvalue weighted by Crippen LogP contribution is -2.33. The molecule has 1 heterocycles. The van der Waals surface area contributed by atoms with E-state index in [0.29, 0.717) is 31.4 Å². The predicted octanol–water partition coefficient (Wildman–Crippen LogP) is 5.59. The fourth-order valence-corrected chi connectivity index (χ4v) is 3.87. The van der Waals surface area contributed by atoms with Crippen molar-refractivity contribution in [2.75, 3.05) is 19.7 Å². The van der Waals surface area contributed by atoms with E-state index in [1.54, 1.807) is 0 Å². The average Bonchev–Trinajstić information content (AvgIpc) is 3.19. The van der Waals surface area contributed by atoms with Crippen molar-refractivity contribution in [3.63, 3.8) is 0 Å². The van der Waals surface area contributed by atoms with Crippen molar-refractivity contribution in [3.05, 3.63) is 71.6 Å². The van der Waals surface area contributed by atoms with Crippen LogP contribution in [0.1, 0.15) is 43.7 Å². The van der Waals surface area contributed by atoms with E-state index >= 15 is 0 Å². The molecule has 0 bridgehead atoms. The smallest absolute Gasteiger partial charge is 0.317 e. The molecule has 6 heteroatoms. The maximum absolute atomic E-state index is 11.3. The fourth-order valence-electron chi connectivity index (χ4n) is 3.87. The Morgan fingerprint density at radius 3 is 2.42 bits per heavy atom. The van der Waals surface area contributed by atoms with E-state index in [2.05, 4.69) is 18.8 Å². The Hall–Kier alpha value is -3.12. The van der Waals surface area contributed by atoms with Crippen LogP contribution < -0.4 is 4.74 Å². The summed E-state index contributed by atoms with van der Waals surface area (Å²) in [7, 11) is 0. The molecule has 3 rings (SSSR count). The Bertz CT molecular complexity index is 995. The summed E-state index contributed by atoms with van der Waals surface area (Å²) in [6.45, 7) is 8.19. The number of carbonyl (C=O) groups is 1. The van der Waals surface area contributed by atoms with Crippen LogP contribution in [-0.2, 0) is 17.8 Å². The molecule has 0 atom stereocenters. The molecule has 0 amide bonds. The number of nitrogens with zero attached hydrogens (tertiary/aromatic N) is 2. The molecule has 0 aliphatic rings. The Kier molecular flexibility index (Phi) is 9.07. The molecule has 0 radical (unpaired) electrons. The molecule has 0 saturated carbocycles. The van der Waals surface area contributed by atoms with E-state index in [9.17, 15) is 9.90 Å². The number of rotatable bonds is 13. The van der Waals surface area contributed by atoms with Gasteiger partial charge in [0.2, 0.25) is 5.89 Å². The van der Waals surface area contributed by atoms with E-state index in [0.717, 1.165) is 47.7 Å². The summed E-state index contributed by atoms with van der Waals surface area (Å²) in [5, 5.41) is 9.27. The summed E-state index contributed by atoms with van der Waals surface area (Å²) >= 11 is 0. The number of aliphatic carboxylic acids is 1. The van der Waals surface area contributed by atoms with Gasteiger partial charge in [-0.15, -0.1) is 0 Å². The molecule has 0 unspecified atom stereocenters. The fraction of sp³-hybridized carbons (Fsp3) is 0.407. The number of benzene rings is 2. The van der Waals surface area contributed by atoms with Gasteiger partial charge in [0.1, 0.15) is 11.5 Å². The first-order valence-corrected chi connectivity index (χ1v) is 11.7. The second-order valence-corrected chi connectivity index (χ2v) is 8.38. The van der Waals surface area contributed by atoms with Gasteiger partial charge >= 0.3 is 5.97 Å². The van der Waals surface area contributed by atoms with Crippen LogP contribution in [0.4, 0.5) is 0 Å². The Labute approximate surface area is 196 Å². The maximum atomic E-state index is 11.3. The number of oxazole rings is 1. The van der Waals surface area contributed by atoms with Crippen molar-refractivity contribution in [1.82, 2.24) is 9.88 Å². The molecular formula is C27H34N2O4. The summed E-state index contributed by atoms with van der Waals surface area (Å²) < 4.78 is 11.7. The molecule has 0 aliphatic heterocycles. The predicted molar refractivity (Wildman–Crippen MR) is 129 cm³/mol. The Morgan fingerprint density at radius 1 is 1.09 bits per heavy atom. The molecule has 176 valence electrons. The number of aryl methyl sites for hydroxylation is 1. The van der Waals surface area contributed by atoms with Gasteiger partial charge in [0.05, 0.1) is 18.8 Å². The molecule has 1 N–H and O–H groups in total. The molecule has 0 saturated heterocycles. The topological polar surface area (TPSA) is 75.8 Å². The summed E-state index contributed by atoms with van der Waals surface area (Å²) in [5.41, 5.74) is 2.94. The maximum Gasteiger partial charge on any atom is 0.317 e. The third-order valence-corrected chi connectivity index (χ3v) is 5.88. The monoisotopic (exact) mass is 450 g/mol. The lowest BCUT2D eigenvalue weighted by atomic mass is 10.0. The first-order chi connectivity index (χ1) is 16.0. The lowest BCUT2D eigenvalue weighted by molar-refractivity contribution is -0.138. The minimum atomic E-state index is -0.792. The highest BCUT2D eigenvalue weighted by Crippen LogP contribution is 2.22. The number of aromatic nitrogens is 1. The highest BCUT2D eigenvalue weighted by atomic mass is 16.5. The quantitative estimate of drug-likeness (QED) is 0.366. The molecule has 0 fully saturated rings. The zero-order valence-corrected chi connectivity index (χ0v) is 19.8. The molecule has 1 aromatic heterocycles. The van der Waals surface area contributed by atoms with E-state index in [-0.39, 0.29) is 6.54 Å². The van der Waals surface area contributed by atoms with Crippen LogP contribution in [-0.4, -0.2) is 40.7 Å². The second kappa shape index (κ2) is 12.2. The number of ether oxygens (including phenoxy) is 1. The van der Waals surface area contributed by atoms with Crippen LogP contribution in [0.3, 0.4) is 0 Å². The normalized spacial score (nSPS) is 11.3. The van der Waals surface area contributed by atoms with Gasteiger partial charge in [-0.3, -0.25) is 9.69 Å². The molecule has 0 aliphatic carbocycles. The van der Waals surface area contributed by atoms with Crippen molar-refractivity contribution < 1.29 is 19.1 Å². The van der Waals surface area contributed by atoms with Crippen LogP contribution in [0.15, 0.2) is 59.0 Å². The van der Waals surface area contributed by atoms with Crippen molar-refractivity contribution in [1.29, 1.82) is 0 Å². The van der Waals surface area contributed by atoms with Crippen LogP contribution in [0, 0.1) is 12.8 Å². The molecule has 33 heavy (non-hydrogen) atoms. The van der Waals surface area contributed by atoms with E-state index in [1.165, 1.54) is 0 Å². The van der Waals surface area contributed by atoms with Crippen LogP contribution in [0.2, 0.25) is 0 Å².